The molecule has 6 nitrogen and oxygen atoms in total. The summed E-state index contributed by atoms with van der Waals surface area (Å²) < 4.78 is 17.2. The summed E-state index contributed by atoms with van der Waals surface area (Å²) in [4.78, 5) is 27.2. The third-order valence-electron chi connectivity index (χ3n) is 5.13. The van der Waals surface area contributed by atoms with Crippen molar-refractivity contribution >= 4 is 29.1 Å². The topological polar surface area (TPSA) is 65.1 Å². The lowest BCUT2D eigenvalue weighted by atomic mass is 9.76. The minimum atomic E-state index is -1.02. The molecule has 2 bridgehead atoms. The molecule has 1 aromatic carbocycles. The fourth-order valence-corrected chi connectivity index (χ4v) is 4.38. The van der Waals surface area contributed by atoms with Gasteiger partial charge in [-0.3, -0.25) is 9.59 Å². The van der Waals surface area contributed by atoms with Gasteiger partial charge in [0.15, 0.2) is 11.9 Å². The van der Waals surface area contributed by atoms with Crippen molar-refractivity contribution < 1.29 is 23.8 Å². The highest BCUT2D eigenvalue weighted by atomic mass is 35.5. The molecule has 3 saturated heterocycles. The van der Waals surface area contributed by atoms with E-state index in [2.05, 4.69) is 0 Å². The lowest BCUT2D eigenvalue weighted by Crippen LogP contribution is -2.49. The van der Waals surface area contributed by atoms with Crippen molar-refractivity contribution in [2.24, 2.45) is 11.8 Å². The van der Waals surface area contributed by atoms with E-state index in [-0.39, 0.29) is 11.8 Å². The van der Waals surface area contributed by atoms with Crippen LogP contribution in [0.4, 0.5) is 5.69 Å². The molecule has 0 unspecified atom stereocenters. The Kier molecular flexibility index (Phi) is 2.98. The summed E-state index contributed by atoms with van der Waals surface area (Å²) in [6.07, 6.45) is 2.56. The summed E-state index contributed by atoms with van der Waals surface area (Å²) in [7, 11) is 0. The highest BCUT2D eigenvalue weighted by molar-refractivity contribution is 6.31. The van der Waals surface area contributed by atoms with Crippen LogP contribution < -0.4 is 4.90 Å². The Morgan fingerprint density at radius 1 is 1.17 bits per heavy atom. The molecule has 4 aliphatic rings. The average Bonchev–Trinajstić information content (AvgIpc) is 3.31. The number of anilines is 1. The van der Waals surface area contributed by atoms with Crippen molar-refractivity contribution in [2.45, 2.75) is 18.0 Å². The van der Waals surface area contributed by atoms with Gasteiger partial charge in [-0.25, -0.2) is 4.90 Å². The van der Waals surface area contributed by atoms with E-state index < -0.39 is 29.8 Å². The first kappa shape index (κ1) is 14.6. The molecule has 124 valence electrons. The van der Waals surface area contributed by atoms with Crippen molar-refractivity contribution in [3.05, 3.63) is 41.4 Å². The van der Waals surface area contributed by atoms with Gasteiger partial charge in [-0.1, -0.05) is 23.7 Å². The molecule has 1 aromatic rings. The lowest BCUT2D eigenvalue weighted by molar-refractivity contribution is -0.180. The van der Waals surface area contributed by atoms with Gasteiger partial charge < -0.3 is 14.2 Å². The molecule has 0 saturated carbocycles. The number of fused-ring (bicyclic) bond motifs is 5. The summed E-state index contributed by atoms with van der Waals surface area (Å²) in [6.45, 7) is 0.900. The fraction of sp³-hybridized carbons (Fsp3) is 0.412. The van der Waals surface area contributed by atoms with E-state index in [4.69, 9.17) is 25.8 Å². The second-order valence-electron chi connectivity index (χ2n) is 6.36. The molecule has 2 amide bonds. The maximum absolute atomic E-state index is 13.1. The third-order valence-corrected chi connectivity index (χ3v) is 5.37. The maximum atomic E-state index is 13.1. The number of rotatable bonds is 2. The number of halogens is 1. The molecule has 4 heterocycles. The molecule has 24 heavy (non-hydrogen) atoms. The smallest absolute Gasteiger partial charge is 0.241 e. The van der Waals surface area contributed by atoms with Crippen molar-refractivity contribution in [3.63, 3.8) is 0 Å². The SMILES string of the molecule is O=C1[C@@H]2[C@@H](C(=O)N1c1cccc(Cl)c1)[C@@]1(C3OCCO3)C=C[C@H]2O1. The Morgan fingerprint density at radius 2 is 1.96 bits per heavy atom. The van der Waals surface area contributed by atoms with E-state index in [1.807, 2.05) is 12.2 Å². The summed E-state index contributed by atoms with van der Waals surface area (Å²) in [6, 6.07) is 6.74. The molecule has 0 aliphatic carbocycles. The normalized spacial score (nSPS) is 37.7. The quantitative estimate of drug-likeness (QED) is 0.599. The Morgan fingerprint density at radius 3 is 2.71 bits per heavy atom. The van der Waals surface area contributed by atoms with Gasteiger partial charge in [-0.05, 0) is 24.3 Å². The molecule has 0 spiro atoms. The van der Waals surface area contributed by atoms with Crippen LogP contribution in [0.15, 0.2) is 36.4 Å². The van der Waals surface area contributed by atoms with E-state index in [1.165, 1.54) is 4.90 Å². The molecular formula is C17H14ClNO5. The van der Waals surface area contributed by atoms with Gasteiger partial charge in [0.2, 0.25) is 11.8 Å². The number of hydrogen-bond acceptors (Lipinski definition) is 5. The molecule has 0 radical (unpaired) electrons. The van der Waals surface area contributed by atoms with Crippen molar-refractivity contribution in [1.29, 1.82) is 0 Å². The highest BCUT2D eigenvalue weighted by Gasteiger charge is 2.71. The summed E-state index contributed by atoms with van der Waals surface area (Å²) in [5.74, 6) is -1.74. The van der Waals surface area contributed by atoms with Crippen LogP contribution in [0.1, 0.15) is 0 Å². The van der Waals surface area contributed by atoms with Crippen LogP contribution in [0.3, 0.4) is 0 Å². The zero-order valence-corrected chi connectivity index (χ0v) is 13.3. The predicted octanol–water partition coefficient (Wildman–Crippen LogP) is 1.53. The molecule has 4 aliphatic heterocycles. The molecule has 3 fully saturated rings. The number of amides is 2. The van der Waals surface area contributed by atoms with E-state index in [9.17, 15) is 9.59 Å². The Labute approximate surface area is 142 Å². The molecular weight excluding hydrogens is 334 g/mol. The van der Waals surface area contributed by atoms with Crippen LogP contribution in [-0.4, -0.2) is 43.0 Å². The predicted molar refractivity (Wildman–Crippen MR) is 83.4 cm³/mol. The number of benzene rings is 1. The largest absolute Gasteiger partial charge is 0.357 e. The highest BCUT2D eigenvalue weighted by Crippen LogP contribution is 2.55. The summed E-state index contributed by atoms with van der Waals surface area (Å²) in [5.41, 5.74) is -0.541. The van der Waals surface area contributed by atoms with Crippen molar-refractivity contribution in [2.75, 3.05) is 18.1 Å². The fourth-order valence-electron chi connectivity index (χ4n) is 4.20. The minimum Gasteiger partial charge on any atom is -0.357 e. The average molecular weight is 348 g/mol. The number of ether oxygens (including phenoxy) is 3. The molecule has 0 aromatic heterocycles. The summed E-state index contributed by atoms with van der Waals surface area (Å²) >= 11 is 6.01. The van der Waals surface area contributed by atoms with Gasteiger partial charge in [0.1, 0.15) is 0 Å². The number of carbonyl (C=O) groups is 2. The van der Waals surface area contributed by atoms with Gasteiger partial charge >= 0.3 is 0 Å². The molecule has 4 atom stereocenters. The molecule has 7 heteroatoms. The lowest BCUT2D eigenvalue weighted by Gasteiger charge is -2.32. The second-order valence-corrected chi connectivity index (χ2v) is 6.80. The van der Waals surface area contributed by atoms with Crippen LogP contribution in [0, 0.1) is 11.8 Å². The third kappa shape index (κ3) is 1.71. The number of carbonyl (C=O) groups excluding carboxylic acids is 2. The summed E-state index contributed by atoms with van der Waals surface area (Å²) in [5, 5.41) is 0.472. The van der Waals surface area contributed by atoms with E-state index in [1.54, 1.807) is 24.3 Å². The van der Waals surface area contributed by atoms with Gasteiger partial charge in [-0.2, -0.15) is 0 Å². The first-order valence-electron chi connectivity index (χ1n) is 7.85. The Balaban J connectivity index is 1.57. The van der Waals surface area contributed by atoms with Crippen LogP contribution in [0.5, 0.6) is 0 Å². The van der Waals surface area contributed by atoms with Crippen molar-refractivity contribution in [1.82, 2.24) is 0 Å². The molecule has 0 N–H and O–H groups in total. The Bertz CT molecular complexity index is 774. The van der Waals surface area contributed by atoms with Crippen LogP contribution in [0.2, 0.25) is 5.02 Å². The standard InChI is InChI=1S/C17H14ClNO5/c18-9-2-1-3-10(8-9)19-14(20)12-11-4-5-17(24-11,13(12)15(19)21)16-22-6-7-23-16/h1-5,8,11-13,16H,6-7H2/t11-,12+,13+,17-/m1/s1. The maximum Gasteiger partial charge on any atom is 0.241 e. The second kappa shape index (κ2) is 4.89. The zero-order chi connectivity index (χ0) is 16.5. The first-order chi connectivity index (χ1) is 11.6. The first-order valence-corrected chi connectivity index (χ1v) is 8.23. The van der Waals surface area contributed by atoms with E-state index in [0.29, 0.717) is 23.9 Å². The Hall–Kier alpha value is -1.73. The van der Waals surface area contributed by atoms with Gasteiger partial charge in [0.05, 0.1) is 36.8 Å². The van der Waals surface area contributed by atoms with Crippen LogP contribution >= 0.6 is 11.6 Å². The monoisotopic (exact) mass is 347 g/mol. The minimum absolute atomic E-state index is 0.263. The van der Waals surface area contributed by atoms with E-state index in [0.717, 1.165) is 0 Å². The van der Waals surface area contributed by atoms with E-state index >= 15 is 0 Å². The number of nitrogens with zero attached hydrogens (tertiary/aromatic N) is 1. The van der Waals surface area contributed by atoms with Crippen molar-refractivity contribution in [3.8, 4) is 0 Å². The molecule has 5 rings (SSSR count). The van der Waals surface area contributed by atoms with Crippen LogP contribution in [0.25, 0.3) is 0 Å². The number of imide groups is 1. The van der Waals surface area contributed by atoms with Gasteiger partial charge in [0, 0.05) is 5.02 Å². The van der Waals surface area contributed by atoms with Gasteiger partial charge in [-0.15, -0.1) is 0 Å². The number of hydrogen-bond donors (Lipinski definition) is 0. The zero-order valence-electron chi connectivity index (χ0n) is 12.6. The van der Waals surface area contributed by atoms with Crippen LogP contribution in [-0.2, 0) is 23.8 Å². The van der Waals surface area contributed by atoms with Gasteiger partial charge in [0.25, 0.3) is 0 Å².